The summed E-state index contributed by atoms with van der Waals surface area (Å²) in [6.45, 7) is 2.47. The number of aryl methyl sites for hydroxylation is 1. The first-order valence-electron chi connectivity index (χ1n) is 12.0. The average Bonchev–Trinajstić information content (AvgIpc) is 3.67. The lowest BCUT2D eigenvalue weighted by Crippen LogP contribution is -2.31. The summed E-state index contributed by atoms with van der Waals surface area (Å²) in [5, 5.41) is 18.5. The molecule has 1 unspecified atom stereocenters. The third-order valence-electron chi connectivity index (χ3n) is 6.77. The number of H-pyrrole nitrogens is 1. The van der Waals surface area contributed by atoms with E-state index in [1.54, 1.807) is 37.6 Å². The molecule has 1 fully saturated rings. The van der Waals surface area contributed by atoms with Crippen molar-refractivity contribution in [3.63, 3.8) is 0 Å². The molecule has 0 spiro atoms. The Balaban J connectivity index is 1.34. The smallest absolute Gasteiger partial charge is 0.254 e. The van der Waals surface area contributed by atoms with Crippen LogP contribution in [0.25, 0.3) is 33.5 Å². The molecule has 1 saturated heterocycles. The molecule has 186 valence electrons. The average molecular weight is 497 g/mol. The van der Waals surface area contributed by atoms with Crippen LogP contribution in [0.5, 0.6) is 11.6 Å². The molecule has 1 amide bonds. The molecule has 2 N–H and O–H groups in total. The molecule has 4 heterocycles. The van der Waals surface area contributed by atoms with Crippen LogP contribution in [-0.4, -0.2) is 54.8 Å². The monoisotopic (exact) mass is 496 g/mol. The van der Waals surface area contributed by atoms with Gasteiger partial charge in [0.1, 0.15) is 23.0 Å². The van der Waals surface area contributed by atoms with E-state index in [4.69, 9.17) is 9.37 Å². The molecule has 1 atom stereocenters. The highest BCUT2D eigenvalue weighted by atomic mass is 16.6. The van der Waals surface area contributed by atoms with Crippen molar-refractivity contribution >= 4 is 16.9 Å². The summed E-state index contributed by atoms with van der Waals surface area (Å²) in [6, 6.07) is 14.2. The van der Waals surface area contributed by atoms with Gasteiger partial charge in [-0.1, -0.05) is 16.4 Å². The van der Waals surface area contributed by atoms with E-state index in [1.165, 1.54) is 0 Å². The number of pyridine rings is 1. The van der Waals surface area contributed by atoms with Gasteiger partial charge in [0.25, 0.3) is 5.91 Å². The van der Waals surface area contributed by atoms with E-state index >= 15 is 0 Å². The third-order valence-corrected chi connectivity index (χ3v) is 6.77. The molecule has 6 rings (SSSR count). The first kappa shape index (κ1) is 22.7. The summed E-state index contributed by atoms with van der Waals surface area (Å²) in [4.78, 5) is 27.5. The molecule has 10 nitrogen and oxygen atoms in total. The van der Waals surface area contributed by atoms with Crippen LogP contribution in [0.15, 0.2) is 59.4 Å². The Morgan fingerprint density at radius 3 is 2.86 bits per heavy atom. The van der Waals surface area contributed by atoms with Gasteiger partial charge < -0.3 is 19.7 Å². The van der Waals surface area contributed by atoms with Crippen LogP contribution in [-0.2, 0) is 0 Å². The Labute approximate surface area is 211 Å². The maximum atomic E-state index is 13.5. The number of ether oxygens (including phenoxy) is 1. The minimum atomic E-state index is -0.157. The van der Waals surface area contributed by atoms with Crippen LogP contribution in [0.2, 0.25) is 0 Å². The van der Waals surface area contributed by atoms with E-state index in [-0.39, 0.29) is 17.7 Å². The summed E-state index contributed by atoms with van der Waals surface area (Å²) in [6.07, 6.45) is 3.36. The summed E-state index contributed by atoms with van der Waals surface area (Å²) in [5.74, 6) is 0.976. The topological polar surface area (TPSA) is 130 Å². The first-order valence-corrected chi connectivity index (χ1v) is 12.0. The van der Waals surface area contributed by atoms with Crippen molar-refractivity contribution < 1.29 is 19.3 Å². The van der Waals surface area contributed by atoms with Crippen molar-refractivity contribution in [2.24, 2.45) is 0 Å². The standard InChI is InChI=1S/C27H24N6O4/c1-15-24(32-37-31-15)22-6-4-12-33(22)27(35)17-7-9-20-21(14-17)30-25(29-20)19-13-16(8-10-23(19)34)18-5-3-11-28-26(18)36-2/h3,5,7-11,13-14,22,34H,4,6,12H2,1-2H3,(H,29,30). The Bertz CT molecular complexity index is 1620. The van der Waals surface area contributed by atoms with Crippen molar-refractivity contribution in [3.8, 4) is 34.1 Å². The van der Waals surface area contributed by atoms with Crippen LogP contribution >= 0.6 is 0 Å². The second kappa shape index (κ2) is 9.05. The number of imidazole rings is 1. The van der Waals surface area contributed by atoms with E-state index in [0.29, 0.717) is 51.8 Å². The number of aromatic nitrogens is 5. The zero-order chi connectivity index (χ0) is 25.5. The second-order valence-corrected chi connectivity index (χ2v) is 9.00. The molecule has 37 heavy (non-hydrogen) atoms. The highest BCUT2D eigenvalue weighted by Crippen LogP contribution is 2.37. The molecule has 0 saturated carbocycles. The number of nitrogens with one attached hydrogen (secondary N) is 1. The van der Waals surface area contributed by atoms with E-state index in [9.17, 15) is 9.90 Å². The fourth-order valence-electron chi connectivity index (χ4n) is 4.94. The highest BCUT2D eigenvalue weighted by Gasteiger charge is 2.34. The number of fused-ring (bicyclic) bond motifs is 1. The van der Waals surface area contributed by atoms with Crippen molar-refractivity contribution in [2.45, 2.75) is 25.8 Å². The van der Waals surface area contributed by atoms with Crippen LogP contribution < -0.4 is 4.74 Å². The minimum absolute atomic E-state index is 0.0819. The Hall–Kier alpha value is -4.73. The number of aromatic hydroxyl groups is 1. The SMILES string of the molecule is COc1ncccc1-c1ccc(O)c(-c2nc3ccc(C(=O)N4CCCC4c4nonc4C)cc3[nH]2)c1. The Morgan fingerprint density at radius 2 is 2.05 bits per heavy atom. The van der Waals surface area contributed by atoms with Crippen molar-refractivity contribution in [3.05, 3.63) is 71.7 Å². The quantitative estimate of drug-likeness (QED) is 0.359. The lowest BCUT2D eigenvalue weighted by molar-refractivity contribution is 0.0730. The fourth-order valence-corrected chi connectivity index (χ4v) is 4.94. The second-order valence-electron chi connectivity index (χ2n) is 9.00. The maximum absolute atomic E-state index is 13.5. The lowest BCUT2D eigenvalue weighted by Gasteiger charge is -2.23. The molecule has 3 aromatic heterocycles. The number of carbonyl (C=O) groups excluding carboxylic acids is 1. The summed E-state index contributed by atoms with van der Waals surface area (Å²) >= 11 is 0. The molecule has 2 aromatic carbocycles. The predicted octanol–water partition coefficient (Wildman–Crippen LogP) is 4.67. The Morgan fingerprint density at radius 1 is 1.16 bits per heavy atom. The largest absolute Gasteiger partial charge is 0.507 e. The van der Waals surface area contributed by atoms with Gasteiger partial charge in [-0.3, -0.25) is 4.79 Å². The molecule has 5 aromatic rings. The normalized spacial score (nSPS) is 15.4. The number of hydrogen-bond acceptors (Lipinski definition) is 8. The Kier molecular flexibility index (Phi) is 5.56. The summed E-state index contributed by atoms with van der Waals surface area (Å²) < 4.78 is 10.3. The number of benzene rings is 2. The number of phenolic OH excluding ortho intramolecular Hbond substituents is 1. The zero-order valence-corrected chi connectivity index (χ0v) is 20.3. The number of hydrogen-bond donors (Lipinski definition) is 2. The number of aromatic amines is 1. The fraction of sp³-hybridized carbons (Fsp3) is 0.222. The number of amides is 1. The van der Waals surface area contributed by atoms with Crippen LogP contribution in [0.1, 0.15) is 40.6 Å². The van der Waals surface area contributed by atoms with E-state index in [2.05, 4.69) is 25.3 Å². The molecule has 1 aliphatic rings. The molecular formula is C27H24N6O4. The molecule has 0 bridgehead atoms. The highest BCUT2D eigenvalue weighted by molar-refractivity contribution is 5.98. The maximum Gasteiger partial charge on any atom is 0.254 e. The van der Waals surface area contributed by atoms with Gasteiger partial charge in [0.15, 0.2) is 0 Å². The molecule has 10 heteroatoms. The predicted molar refractivity (Wildman–Crippen MR) is 135 cm³/mol. The molecular weight excluding hydrogens is 472 g/mol. The van der Waals surface area contributed by atoms with Gasteiger partial charge in [0.2, 0.25) is 5.88 Å². The van der Waals surface area contributed by atoms with Crippen molar-refractivity contribution in [1.82, 2.24) is 30.2 Å². The first-order chi connectivity index (χ1) is 18.0. The van der Waals surface area contributed by atoms with Gasteiger partial charge in [0.05, 0.1) is 29.7 Å². The van der Waals surface area contributed by atoms with Gasteiger partial charge in [-0.15, -0.1) is 0 Å². The number of methoxy groups -OCH3 is 1. The van der Waals surface area contributed by atoms with Crippen LogP contribution in [0.4, 0.5) is 0 Å². The van der Waals surface area contributed by atoms with Gasteiger partial charge in [-0.2, -0.15) is 0 Å². The number of likely N-dealkylation sites (tertiary alicyclic amines) is 1. The molecule has 0 radical (unpaired) electrons. The van der Waals surface area contributed by atoms with Crippen LogP contribution in [0, 0.1) is 6.92 Å². The van der Waals surface area contributed by atoms with Crippen LogP contribution in [0.3, 0.4) is 0 Å². The third kappa shape index (κ3) is 3.96. The molecule has 0 aliphatic carbocycles. The zero-order valence-electron chi connectivity index (χ0n) is 20.3. The minimum Gasteiger partial charge on any atom is -0.507 e. The van der Waals surface area contributed by atoms with Gasteiger partial charge in [-0.25, -0.2) is 14.6 Å². The number of nitrogens with zero attached hydrogens (tertiary/aromatic N) is 5. The van der Waals surface area contributed by atoms with E-state index in [1.807, 2.05) is 36.1 Å². The lowest BCUT2D eigenvalue weighted by atomic mass is 10.0. The number of carbonyl (C=O) groups is 1. The van der Waals surface area contributed by atoms with Gasteiger partial charge in [0, 0.05) is 23.9 Å². The number of phenols is 1. The molecule has 1 aliphatic heterocycles. The summed E-state index contributed by atoms with van der Waals surface area (Å²) in [5.41, 5.74) is 5.48. The van der Waals surface area contributed by atoms with E-state index < -0.39 is 0 Å². The number of rotatable bonds is 5. The van der Waals surface area contributed by atoms with Crippen molar-refractivity contribution in [2.75, 3.05) is 13.7 Å². The summed E-state index contributed by atoms with van der Waals surface area (Å²) in [7, 11) is 1.57. The van der Waals surface area contributed by atoms with Gasteiger partial charge in [-0.05, 0) is 67.8 Å². The van der Waals surface area contributed by atoms with E-state index in [0.717, 1.165) is 24.0 Å². The van der Waals surface area contributed by atoms with Gasteiger partial charge >= 0.3 is 0 Å². The van der Waals surface area contributed by atoms with Crippen molar-refractivity contribution in [1.29, 1.82) is 0 Å².